The van der Waals surface area contributed by atoms with Crippen LogP contribution in [-0.2, 0) is 0 Å². The summed E-state index contributed by atoms with van der Waals surface area (Å²) < 4.78 is 4.72. The highest BCUT2D eigenvalue weighted by Crippen LogP contribution is 2.41. The van der Waals surface area contributed by atoms with E-state index in [1.165, 1.54) is 43.7 Å². The van der Waals surface area contributed by atoms with Gasteiger partial charge < -0.3 is 9.13 Å². The van der Waals surface area contributed by atoms with Gasteiger partial charge in [-0.3, -0.25) is 0 Å². The van der Waals surface area contributed by atoms with E-state index in [-0.39, 0.29) is 0 Å². The molecule has 0 atom stereocenters. The number of aromatic nitrogens is 4. The van der Waals surface area contributed by atoms with Crippen LogP contribution in [0, 0.1) is 11.3 Å². The summed E-state index contributed by atoms with van der Waals surface area (Å²) >= 11 is 0. The number of fused-ring (bicyclic) bond motifs is 6. The van der Waals surface area contributed by atoms with Crippen molar-refractivity contribution in [2.24, 2.45) is 0 Å². The van der Waals surface area contributed by atoms with Crippen molar-refractivity contribution in [3.05, 3.63) is 206 Å². The highest BCUT2D eigenvalue weighted by molar-refractivity contribution is 6.17. The molecule has 0 fully saturated rings. The zero-order chi connectivity index (χ0) is 38.6. The average Bonchev–Trinajstić information content (AvgIpc) is 3.82. The van der Waals surface area contributed by atoms with Gasteiger partial charge in [0.15, 0.2) is 5.82 Å². The van der Waals surface area contributed by atoms with Gasteiger partial charge in [0.05, 0.1) is 45.1 Å². The van der Waals surface area contributed by atoms with Crippen LogP contribution >= 0.6 is 0 Å². The molecule has 0 bridgehead atoms. The smallest absolute Gasteiger partial charge is 0.160 e. The monoisotopic (exact) mass is 739 g/mol. The van der Waals surface area contributed by atoms with Gasteiger partial charge in [-0.15, -0.1) is 0 Å². The Morgan fingerprint density at radius 1 is 0.379 bits per heavy atom. The predicted molar refractivity (Wildman–Crippen MR) is 237 cm³/mol. The Hall–Kier alpha value is -8.07. The molecule has 0 aliphatic carbocycles. The Morgan fingerprint density at radius 2 is 0.931 bits per heavy atom. The highest BCUT2D eigenvalue weighted by atomic mass is 15.0. The molecule has 0 saturated heterocycles. The third-order valence-corrected chi connectivity index (χ3v) is 11.2. The first-order valence-electron chi connectivity index (χ1n) is 19.4. The molecule has 0 N–H and O–H groups in total. The van der Waals surface area contributed by atoms with Gasteiger partial charge in [0.1, 0.15) is 0 Å². The van der Waals surface area contributed by atoms with E-state index < -0.39 is 0 Å². The van der Waals surface area contributed by atoms with Crippen LogP contribution < -0.4 is 0 Å². The average molecular weight is 740 g/mol. The Morgan fingerprint density at radius 3 is 1.69 bits per heavy atom. The fourth-order valence-corrected chi connectivity index (χ4v) is 8.51. The van der Waals surface area contributed by atoms with E-state index in [4.69, 9.17) is 9.97 Å². The molecule has 11 rings (SSSR count). The minimum Gasteiger partial charge on any atom is -0.309 e. The number of benzene rings is 8. The van der Waals surface area contributed by atoms with E-state index in [1.807, 2.05) is 48.5 Å². The van der Waals surface area contributed by atoms with Crippen molar-refractivity contribution in [1.82, 2.24) is 19.1 Å². The summed E-state index contributed by atoms with van der Waals surface area (Å²) in [6.45, 7) is 0. The molecule has 3 heterocycles. The highest BCUT2D eigenvalue weighted by Gasteiger charge is 2.19. The van der Waals surface area contributed by atoms with Crippen LogP contribution in [0.4, 0.5) is 0 Å². The lowest BCUT2D eigenvalue weighted by atomic mass is 9.98. The zero-order valence-electron chi connectivity index (χ0n) is 31.3. The maximum atomic E-state index is 9.42. The van der Waals surface area contributed by atoms with E-state index in [0.717, 1.165) is 50.5 Å². The molecule has 0 amide bonds. The topological polar surface area (TPSA) is 59.4 Å². The fraction of sp³-hybridized carbons (Fsp3) is 0. The van der Waals surface area contributed by atoms with Crippen LogP contribution in [0.5, 0.6) is 0 Å². The SMILES string of the molecule is N#Cc1ccc(-c2cc(-c3ccccc3)nc(-c3cccc(-n4c5ccccc5c5cc(-c6cccc7c6c6ccccc6n7-c6ccccc6)ccc54)c3)n2)cc1. The maximum absolute atomic E-state index is 9.42. The number of nitrogens with zero attached hydrogens (tertiary/aromatic N) is 5. The van der Waals surface area contributed by atoms with Gasteiger partial charge in [-0.05, 0) is 83.9 Å². The first kappa shape index (κ1) is 33.3. The molecule has 0 radical (unpaired) electrons. The van der Waals surface area contributed by atoms with E-state index in [1.54, 1.807) is 0 Å². The van der Waals surface area contributed by atoms with Crippen molar-refractivity contribution in [2.45, 2.75) is 0 Å². The molecule has 8 aromatic carbocycles. The van der Waals surface area contributed by atoms with Crippen molar-refractivity contribution < 1.29 is 0 Å². The third kappa shape index (κ3) is 5.47. The van der Waals surface area contributed by atoms with E-state index in [0.29, 0.717) is 11.4 Å². The molecule has 0 spiro atoms. The van der Waals surface area contributed by atoms with Crippen LogP contribution in [0.1, 0.15) is 5.56 Å². The summed E-state index contributed by atoms with van der Waals surface area (Å²) in [4.78, 5) is 10.2. The quantitative estimate of drug-likeness (QED) is 0.171. The lowest BCUT2D eigenvalue weighted by molar-refractivity contribution is 1.16. The number of para-hydroxylation sites is 3. The number of hydrogen-bond donors (Lipinski definition) is 0. The lowest BCUT2D eigenvalue weighted by Crippen LogP contribution is -1.98. The van der Waals surface area contributed by atoms with Gasteiger partial charge in [0.2, 0.25) is 0 Å². The van der Waals surface area contributed by atoms with Crippen LogP contribution in [0.25, 0.3) is 100 Å². The van der Waals surface area contributed by atoms with Crippen molar-refractivity contribution in [1.29, 1.82) is 5.26 Å². The Labute approximate surface area is 335 Å². The Kier molecular flexibility index (Phi) is 7.80. The molecule has 0 saturated carbocycles. The van der Waals surface area contributed by atoms with Crippen molar-refractivity contribution in [3.63, 3.8) is 0 Å². The van der Waals surface area contributed by atoms with Crippen molar-refractivity contribution in [2.75, 3.05) is 0 Å². The first-order chi connectivity index (χ1) is 28.7. The van der Waals surface area contributed by atoms with Crippen LogP contribution in [-0.4, -0.2) is 19.1 Å². The summed E-state index contributed by atoms with van der Waals surface area (Å²) in [6, 6.07) is 72.0. The maximum Gasteiger partial charge on any atom is 0.160 e. The molecule has 3 aromatic heterocycles. The Balaban J connectivity index is 1.07. The second kappa shape index (κ2) is 13.6. The Bertz CT molecular complexity index is 3390. The minimum absolute atomic E-state index is 0.611. The van der Waals surface area contributed by atoms with Crippen LogP contribution in [0.2, 0.25) is 0 Å². The number of hydrogen-bond acceptors (Lipinski definition) is 3. The first-order valence-corrected chi connectivity index (χ1v) is 19.4. The summed E-state index contributed by atoms with van der Waals surface area (Å²) in [5.74, 6) is 0.633. The van der Waals surface area contributed by atoms with Gasteiger partial charge in [-0.2, -0.15) is 5.26 Å². The summed E-state index contributed by atoms with van der Waals surface area (Å²) in [7, 11) is 0. The summed E-state index contributed by atoms with van der Waals surface area (Å²) in [5.41, 5.74) is 14.3. The predicted octanol–water partition coefficient (Wildman–Crippen LogP) is 13.2. The molecule has 270 valence electrons. The summed E-state index contributed by atoms with van der Waals surface area (Å²) in [6.07, 6.45) is 0. The number of nitriles is 1. The van der Waals surface area contributed by atoms with E-state index in [9.17, 15) is 5.26 Å². The van der Waals surface area contributed by atoms with Gasteiger partial charge in [-0.1, -0.05) is 127 Å². The molecular formula is C53H33N5. The lowest BCUT2D eigenvalue weighted by Gasteiger charge is -2.12. The number of rotatable bonds is 6. The van der Waals surface area contributed by atoms with Gasteiger partial charge in [-0.25, -0.2) is 9.97 Å². The fourth-order valence-electron chi connectivity index (χ4n) is 8.51. The van der Waals surface area contributed by atoms with Gasteiger partial charge in [0.25, 0.3) is 0 Å². The van der Waals surface area contributed by atoms with Gasteiger partial charge >= 0.3 is 0 Å². The molecule has 5 heteroatoms. The summed E-state index contributed by atoms with van der Waals surface area (Å²) in [5, 5.41) is 14.3. The molecule has 11 aromatic rings. The third-order valence-electron chi connectivity index (χ3n) is 11.2. The van der Waals surface area contributed by atoms with E-state index >= 15 is 0 Å². The second-order valence-corrected chi connectivity index (χ2v) is 14.5. The van der Waals surface area contributed by atoms with Crippen molar-refractivity contribution >= 4 is 43.6 Å². The van der Waals surface area contributed by atoms with Crippen molar-refractivity contribution in [3.8, 4) is 62.5 Å². The molecule has 5 nitrogen and oxygen atoms in total. The minimum atomic E-state index is 0.611. The van der Waals surface area contributed by atoms with Gasteiger partial charge in [0, 0.05) is 49.6 Å². The largest absolute Gasteiger partial charge is 0.309 e. The zero-order valence-corrected chi connectivity index (χ0v) is 31.3. The molecule has 0 aliphatic heterocycles. The van der Waals surface area contributed by atoms with Crippen LogP contribution in [0.15, 0.2) is 200 Å². The molecule has 0 unspecified atom stereocenters. The molecule has 58 heavy (non-hydrogen) atoms. The molecular weight excluding hydrogens is 707 g/mol. The second-order valence-electron chi connectivity index (χ2n) is 14.5. The standard InChI is InChI=1S/C53H33N5/c54-34-35-25-27-37(28-26-35)47-33-46(36-13-3-1-4-14-36)55-53(56-47)39-15-11-18-41(31-39)58-48-22-9-7-19-43(48)45-32-38(29-30-50(45)58)42-21-12-24-51-52(42)44-20-8-10-23-49(44)57(51)40-16-5-2-6-17-40/h1-33H. The van der Waals surface area contributed by atoms with E-state index in [2.05, 4.69) is 167 Å². The van der Waals surface area contributed by atoms with Crippen LogP contribution in [0.3, 0.4) is 0 Å². The molecule has 0 aliphatic rings. The normalized spacial score (nSPS) is 11.4.